The van der Waals surface area contributed by atoms with E-state index in [1.165, 1.54) is 0 Å². The Labute approximate surface area is 285 Å². The number of aromatic nitrogens is 3. The topological polar surface area (TPSA) is 131 Å². The zero-order chi connectivity index (χ0) is 35.7. The fraction of sp³-hybridized carbons (Fsp3) is 0.657. The van der Waals surface area contributed by atoms with Crippen molar-refractivity contribution in [1.82, 2.24) is 14.8 Å². The van der Waals surface area contributed by atoms with Gasteiger partial charge in [0.05, 0.1) is 0 Å². The molecule has 0 aliphatic heterocycles. The van der Waals surface area contributed by atoms with E-state index in [0.717, 1.165) is 40.6 Å². The molecule has 0 spiro atoms. The van der Waals surface area contributed by atoms with Crippen LogP contribution in [0.15, 0.2) is 16.8 Å². The number of furan rings is 1. The quantitative estimate of drug-likeness (QED) is 0.237. The standard InChI is InChI=1S/C32H47N4O6Si.3CH3.Sn/c1-30(2,3)22-18-41-26-23(22)24(34-27(31(4,5)6)25(26)36(28(37)38)29(39)40)19-16-33-35(17-19)20-12-14-21(15-13-20)42-43(10,11)32(7,8)9;;;;/h16-17,20-21H,12-15H2,1-11H3,(H,37,38)(H,39,40);3*1H3;/t20-,21-;;;;. The average Bonchev–Trinajstić information content (AvgIpc) is 3.53. The Morgan fingerprint density at radius 1 is 0.957 bits per heavy atom. The van der Waals surface area contributed by atoms with Gasteiger partial charge in [0.15, 0.2) is 8.32 Å². The second-order valence-electron chi connectivity index (χ2n) is 17.8. The number of hydrogen-bond donors (Lipinski definition) is 2. The number of hydrogen-bond acceptors (Lipinski definition) is 6. The first-order chi connectivity index (χ1) is 21.3. The summed E-state index contributed by atoms with van der Waals surface area (Å²) >= 11 is -3.03. The van der Waals surface area contributed by atoms with Crippen molar-refractivity contribution in [2.45, 2.75) is 144 Å². The number of nitrogens with zero attached hydrogens (tertiary/aromatic N) is 4. The number of pyridine rings is 1. The van der Waals surface area contributed by atoms with E-state index < -0.39 is 49.7 Å². The van der Waals surface area contributed by atoms with E-state index in [1.807, 2.05) is 37.8 Å². The number of imide groups is 1. The van der Waals surface area contributed by atoms with Crippen LogP contribution in [0.3, 0.4) is 0 Å². The second kappa shape index (κ2) is 12.5. The predicted molar refractivity (Wildman–Crippen MR) is 194 cm³/mol. The molecule has 260 valence electrons. The van der Waals surface area contributed by atoms with E-state index in [2.05, 4.69) is 69.5 Å². The monoisotopic (exact) mass is 776 g/mol. The number of anilines is 1. The summed E-state index contributed by atoms with van der Waals surface area (Å²) in [5, 5.41) is 26.0. The second-order valence-corrected chi connectivity index (χ2v) is 36.7. The molecule has 0 bridgehead atoms. The summed E-state index contributed by atoms with van der Waals surface area (Å²) in [6.07, 6.45) is 4.82. The van der Waals surface area contributed by atoms with Crippen molar-refractivity contribution in [2.75, 3.05) is 4.90 Å². The first-order valence-electron chi connectivity index (χ1n) is 16.8. The molecular weight excluding hydrogens is 719 g/mol. The van der Waals surface area contributed by atoms with Crippen LogP contribution in [0, 0.1) is 0 Å². The molecular formula is C35H56N4O6SiSn. The molecule has 10 nitrogen and oxygen atoms in total. The third-order valence-electron chi connectivity index (χ3n) is 9.72. The van der Waals surface area contributed by atoms with Gasteiger partial charge < -0.3 is 0 Å². The Kier molecular flexibility index (Phi) is 9.95. The first-order valence-corrected chi connectivity index (χ1v) is 29.7. The van der Waals surface area contributed by atoms with Crippen LogP contribution in [-0.2, 0) is 15.3 Å². The van der Waals surface area contributed by atoms with E-state index in [-0.39, 0.29) is 28.5 Å². The van der Waals surface area contributed by atoms with Gasteiger partial charge in [-0.05, 0) is 18.1 Å². The van der Waals surface area contributed by atoms with Gasteiger partial charge in [-0.1, -0.05) is 20.8 Å². The maximum absolute atomic E-state index is 12.5. The molecule has 47 heavy (non-hydrogen) atoms. The van der Waals surface area contributed by atoms with Gasteiger partial charge in [0.2, 0.25) is 0 Å². The van der Waals surface area contributed by atoms with Gasteiger partial charge in [-0.2, -0.15) is 0 Å². The van der Waals surface area contributed by atoms with Crippen molar-refractivity contribution in [3.63, 3.8) is 0 Å². The van der Waals surface area contributed by atoms with Gasteiger partial charge in [-0.25, -0.2) is 0 Å². The predicted octanol–water partition coefficient (Wildman–Crippen LogP) is 9.50. The zero-order valence-corrected chi connectivity index (χ0v) is 34.8. The van der Waals surface area contributed by atoms with Gasteiger partial charge in [0.25, 0.3) is 0 Å². The van der Waals surface area contributed by atoms with Crippen LogP contribution in [0.2, 0.25) is 33.0 Å². The Morgan fingerprint density at radius 3 is 1.96 bits per heavy atom. The molecule has 1 saturated carbocycles. The summed E-state index contributed by atoms with van der Waals surface area (Å²) in [7, 11) is -1.85. The van der Waals surface area contributed by atoms with Crippen LogP contribution in [0.25, 0.3) is 22.2 Å². The van der Waals surface area contributed by atoms with Crippen molar-refractivity contribution < 1.29 is 28.6 Å². The normalized spacial score (nSPS) is 18.5. The number of carboxylic acid groups (broad SMARTS) is 2. The molecule has 0 radical (unpaired) electrons. The van der Waals surface area contributed by atoms with E-state index in [1.54, 1.807) is 0 Å². The van der Waals surface area contributed by atoms with Crippen LogP contribution >= 0.6 is 0 Å². The maximum atomic E-state index is 12.5. The van der Waals surface area contributed by atoms with Crippen LogP contribution in [0.1, 0.15) is 105 Å². The van der Waals surface area contributed by atoms with Crippen LogP contribution < -0.4 is 8.68 Å². The van der Waals surface area contributed by atoms with Crippen molar-refractivity contribution in [2.24, 2.45) is 0 Å². The minimum atomic E-state index is -3.03. The molecule has 1 fully saturated rings. The van der Waals surface area contributed by atoms with Gasteiger partial charge in [0.1, 0.15) is 0 Å². The summed E-state index contributed by atoms with van der Waals surface area (Å²) in [6, 6.07) is 0.224. The fourth-order valence-corrected chi connectivity index (χ4v) is 12.4. The molecule has 0 unspecified atom stereocenters. The molecule has 4 rings (SSSR count). The molecule has 0 atom stereocenters. The first kappa shape index (κ1) is 37.4. The third-order valence-corrected chi connectivity index (χ3v) is 19.1. The van der Waals surface area contributed by atoms with Crippen molar-refractivity contribution in [3.8, 4) is 11.3 Å². The van der Waals surface area contributed by atoms with Crippen LogP contribution in [-0.4, -0.2) is 70.0 Å². The molecule has 1 aliphatic rings. The van der Waals surface area contributed by atoms with E-state index in [9.17, 15) is 19.8 Å². The molecule has 2 amide bonds. The van der Waals surface area contributed by atoms with Gasteiger partial charge >= 0.3 is 239 Å². The molecule has 0 aromatic carbocycles. The van der Waals surface area contributed by atoms with Crippen LogP contribution in [0.5, 0.6) is 0 Å². The minimum absolute atomic E-state index is 0.0315. The summed E-state index contributed by atoms with van der Waals surface area (Å²) in [4.78, 5) is 37.3. The van der Waals surface area contributed by atoms with Gasteiger partial charge in [0, 0.05) is 0 Å². The van der Waals surface area contributed by atoms with Crippen molar-refractivity contribution in [3.05, 3.63) is 23.7 Å². The Balaban J connectivity index is 1.91. The summed E-state index contributed by atoms with van der Waals surface area (Å²) in [5.74, 6) is 0. The van der Waals surface area contributed by atoms with E-state index in [0.29, 0.717) is 21.7 Å². The molecule has 1 aliphatic carbocycles. The number of carbonyl (C=O) groups is 2. The Hall–Kier alpha value is -2.38. The van der Waals surface area contributed by atoms with Gasteiger partial charge in [-0.3, -0.25) is 0 Å². The van der Waals surface area contributed by atoms with E-state index >= 15 is 0 Å². The number of amides is 2. The molecule has 3 heterocycles. The SMILES string of the molecule is CC(C)(C)c1nc(-c2cnn([C@H]3CC[C@H](O[Si](C)(C)C(C)(C)C)CC3)c2)c2c(C(C)(C)C)[c]([Sn]([CH3])([CH3])[CH3])oc2c1N(C(=O)O)C(=O)O. The zero-order valence-electron chi connectivity index (χ0n) is 31.0. The van der Waals surface area contributed by atoms with Gasteiger partial charge in [-0.15, -0.1) is 0 Å². The number of rotatable bonds is 6. The summed E-state index contributed by atoms with van der Waals surface area (Å²) < 4.78 is 16.4. The van der Waals surface area contributed by atoms with Crippen molar-refractivity contribution in [1.29, 1.82) is 0 Å². The number of fused-ring (bicyclic) bond motifs is 1. The summed E-state index contributed by atoms with van der Waals surface area (Å²) in [6.45, 7) is 23.5. The Bertz CT molecular complexity index is 1640. The summed E-state index contributed by atoms with van der Waals surface area (Å²) in [5.41, 5.74) is 1.87. The molecule has 0 saturated heterocycles. The molecule has 3 aromatic heterocycles. The van der Waals surface area contributed by atoms with Crippen LogP contribution in [0.4, 0.5) is 15.3 Å². The Morgan fingerprint density at radius 2 is 1.51 bits per heavy atom. The fourth-order valence-electron chi connectivity index (χ4n) is 6.29. The molecule has 2 N–H and O–H groups in total. The van der Waals surface area contributed by atoms with E-state index in [4.69, 9.17) is 18.9 Å². The van der Waals surface area contributed by atoms with Crippen molar-refractivity contribution >= 4 is 59.3 Å². The molecule has 12 heteroatoms. The third kappa shape index (κ3) is 7.46. The molecule has 3 aromatic rings. The average molecular weight is 776 g/mol.